The fraction of sp³-hybridized carbons (Fsp3) is 0.914. The van der Waals surface area contributed by atoms with Crippen LogP contribution in [0, 0.1) is 0 Å². The number of aliphatic hydroxyl groups excluding tert-OH is 5. The molecule has 1 heterocycles. The molecule has 0 aromatic heterocycles. The van der Waals surface area contributed by atoms with E-state index >= 15 is 0 Å². The van der Waals surface area contributed by atoms with Crippen LogP contribution in [0.25, 0.3) is 0 Å². The van der Waals surface area contributed by atoms with Gasteiger partial charge in [-0.1, -0.05) is 135 Å². The molecule has 1 rings (SSSR count). The Morgan fingerprint density at radius 3 is 1.73 bits per heavy atom. The van der Waals surface area contributed by atoms with Gasteiger partial charge in [0.1, 0.15) is 24.4 Å². The van der Waals surface area contributed by atoms with Crippen molar-refractivity contribution in [2.45, 2.75) is 192 Å². The Labute approximate surface area is 267 Å². The predicted octanol–water partition coefficient (Wildman–Crippen LogP) is 5.44. The van der Waals surface area contributed by atoms with Crippen molar-refractivity contribution >= 4 is 5.91 Å². The molecule has 1 fully saturated rings. The summed E-state index contributed by atoms with van der Waals surface area (Å²) in [4.78, 5) is 12.2. The SMILES string of the molecule is CCCCCCCCCCCCCCCCCCCC/C=C/C(O)C(COC1OC(CO)C(O)C(O)C1O)NC(=O)CCC. The van der Waals surface area contributed by atoms with E-state index in [0.717, 1.165) is 19.3 Å². The zero-order valence-corrected chi connectivity index (χ0v) is 27.9. The number of carbonyl (C=O) groups is 1. The van der Waals surface area contributed by atoms with Gasteiger partial charge in [-0.2, -0.15) is 0 Å². The summed E-state index contributed by atoms with van der Waals surface area (Å²) in [6.45, 7) is 3.40. The largest absolute Gasteiger partial charge is 0.394 e. The quantitative estimate of drug-likeness (QED) is 0.0495. The average molecular weight is 630 g/mol. The van der Waals surface area contributed by atoms with Crippen molar-refractivity contribution in [1.29, 1.82) is 0 Å². The summed E-state index contributed by atoms with van der Waals surface area (Å²) in [5.41, 5.74) is 0. The van der Waals surface area contributed by atoms with Crippen molar-refractivity contribution in [3.05, 3.63) is 12.2 Å². The first-order valence-electron chi connectivity index (χ1n) is 17.9. The lowest BCUT2D eigenvalue weighted by Gasteiger charge is -2.40. The Balaban J connectivity index is 2.18. The number of aliphatic hydroxyl groups is 5. The first kappa shape index (κ1) is 41.0. The molecule has 1 aliphatic rings. The van der Waals surface area contributed by atoms with Crippen molar-refractivity contribution in [2.75, 3.05) is 13.2 Å². The fourth-order valence-electron chi connectivity index (χ4n) is 5.67. The Bertz CT molecular complexity index is 706. The average Bonchev–Trinajstić information content (AvgIpc) is 3.01. The summed E-state index contributed by atoms with van der Waals surface area (Å²) in [5.74, 6) is -0.231. The van der Waals surface area contributed by atoms with E-state index in [1.807, 2.05) is 13.0 Å². The van der Waals surface area contributed by atoms with Gasteiger partial charge in [0.15, 0.2) is 6.29 Å². The van der Waals surface area contributed by atoms with Crippen LogP contribution in [0.3, 0.4) is 0 Å². The smallest absolute Gasteiger partial charge is 0.220 e. The van der Waals surface area contributed by atoms with Gasteiger partial charge in [0.25, 0.3) is 0 Å². The van der Waals surface area contributed by atoms with E-state index in [2.05, 4.69) is 12.2 Å². The molecule has 9 nitrogen and oxygen atoms in total. The lowest BCUT2D eigenvalue weighted by atomic mass is 9.99. The topological polar surface area (TPSA) is 149 Å². The van der Waals surface area contributed by atoms with Crippen LogP contribution in [0.4, 0.5) is 0 Å². The van der Waals surface area contributed by atoms with E-state index in [1.54, 1.807) is 6.08 Å². The van der Waals surface area contributed by atoms with Gasteiger partial charge in [0.05, 0.1) is 25.4 Å². The van der Waals surface area contributed by atoms with Gasteiger partial charge < -0.3 is 40.3 Å². The minimum absolute atomic E-state index is 0.192. The van der Waals surface area contributed by atoms with Crippen LogP contribution >= 0.6 is 0 Å². The van der Waals surface area contributed by atoms with E-state index in [-0.39, 0.29) is 12.5 Å². The number of rotatable bonds is 28. The molecule has 1 amide bonds. The number of allylic oxidation sites excluding steroid dienone is 1. The second-order valence-corrected chi connectivity index (χ2v) is 12.7. The summed E-state index contributed by atoms with van der Waals surface area (Å²) in [6, 6.07) is -0.794. The van der Waals surface area contributed by atoms with Gasteiger partial charge >= 0.3 is 0 Å². The molecule has 6 N–H and O–H groups in total. The first-order chi connectivity index (χ1) is 21.3. The molecule has 0 radical (unpaired) electrons. The zero-order chi connectivity index (χ0) is 32.4. The summed E-state index contributed by atoms with van der Waals surface area (Å²) in [7, 11) is 0. The maximum atomic E-state index is 12.2. The third-order valence-corrected chi connectivity index (χ3v) is 8.58. The highest BCUT2D eigenvalue weighted by Gasteiger charge is 2.44. The number of amides is 1. The zero-order valence-electron chi connectivity index (χ0n) is 27.9. The van der Waals surface area contributed by atoms with E-state index in [0.29, 0.717) is 12.8 Å². The van der Waals surface area contributed by atoms with Crippen LogP contribution in [-0.4, -0.2) is 87.5 Å². The van der Waals surface area contributed by atoms with Crippen molar-refractivity contribution < 1.29 is 39.8 Å². The van der Waals surface area contributed by atoms with Gasteiger partial charge in [-0.05, 0) is 19.3 Å². The van der Waals surface area contributed by atoms with Crippen LogP contribution in [0.15, 0.2) is 12.2 Å². The third-order valence-electron chi connectivity index (χ3n) is 8.58. The normalized spacial score (nSPS) is 23.7. The van der Waals surface area contributed by atoms with Crippen LogP contribution in [-0.2, 0) is 14.3 Å². The summed E-state index contributed by atoms with van der Waals surface area (Å²) in [5, 5.41) is 53.1. The molecule has 44 heavy (non-hydrogen) atoms. The van der Waals surface area contributed by atoms with Gasteiger partial charge in [-0.3, -0.25) is 4.79 Å². The van der Waals surface area contributed by atoms with Crippen molar-refractivity contribution in [3.63, 3.8) is 0 Å². The molecule has 7 unspecified atom stereocenters. The number of ether oxygens (including phenoxy) is 2. The maximum absolute atomic E-state index is 12.2. The first-order valence-corrected chi connectivity index (χ1v) is 17.9. The van der Waals surface area contributed by atoms with E-state index < -0.39 is 49.5 Å². The molecule has 0 aromatic rings. The fourth-order valence-corrected chi connectivity index (χ4v) is 5.67. The molecular formula is C35H67NO8. The molecule has 1 aliphatic heterocycles. The van der Waals surface area contributed by atoms with Crippen LogP contribution in [0.1, 0.15) is 149 Å². The third kappa shape index (κ3) is 18.8. The molecule has 0 aliphatic carbocycles. The summed E-state index contributed by atoms with van der Waals surface area (Å²) < 4.78 is 11.0. The van der Waals surface area contributed by atoms with Crippen molar-refractivity contribution in [3.8, 4) is 0 Å². The van der Waals surface area contributed by atoms with Crippen LogP contribution in [0.2, 0.25) is 0 Å². The van der Waals surface area contributed by atoms with Crippen LogP contribution < -0.4 is 5.32 Å². The number of carbonyl (C=O) groups excluding carboxylic acids is 1. The molecule has 0 spiro atoms. The highest BCUT2D eigenvalue weighted by Crippen LogP contribution is 2.22. The van der Waals surface area contributed by atoms with Gasteiger partial charge in [-0.15, -0.1) is 0 Å². The molecule has 0 aromatic carbocycles. The Morgan fingerprint density at radius 1 is 0.750 bits per heavy atom. The molecule has 0 saturated carbocycles. The standard InChI is InChI=1S/C35H67NO8/c1-3-5-6-7-8-9-10-11-12-13-14-15-16-17-18-19-20-21-22-23-25-29(38)28(36-31(39)24-4-2)27-43-35-34(42)33(41)32(40)30(26-37)44-35/h23,25,28-30,32-35,37-38,40-42H,3-22,24,26-27H2,1-2H3,(H,36,39)/b25-23+. The lowest BCUT2D eigenvalue weighted by Crippen LogP contribution is -2.60. The molecule has 7 atom stereocenters. The predicted molar refractivity (Wildman–Crippen MR) is 175 cm³/mol. The van der Waals surface area contributed by atoms with Crippen molar-refractivity contribution in [1.82, 2.24) is 5.32 Å². The second kappa shape index (κ2) is 27.1. The number of hydrogen-bond acceptors (Lipinski definition) is 8. The molecule has 1 saturated heterocycles. The molecule has 260 valence electrons. The molecule has 0 bridgehead atoms. The number of unbranched alkanes of at least 4 members (excludes halogenated alkanes) is 18. The van der Waals surface area contributed by atoms with E-state index in [9.17, 15) is 30.3 Å². The molecular weight excluding hydrogens is 562 g/mol. The minimum Gasteiger partial charge on any atom is -0.394 e. The van der Waals surface area contributed by atoms with E-state index in [1.165, 1.54) is 103 Å². The number of hydrogen-bond donors (Lipinski definition) is 6. The Morgan fingerprint density at radius 2 is 1.25 bits per heavy atom. The minimum atomic E-state index is -1.56. The Hall–Kier alpha value is -1.07. The second-order valence-electron chi connectivity index (χ2n) is 12.7. The summed E-state index contributed by atoms with van der Waals surface area (Å²) in [6.07, 6.45) is 21.4. The van der Waals surface area contributed by atoms with E-state index in [4.69, 9.17) is 9.47 Å². The van der Waals surface area contributed by atoms with Crippen LogP contribution in [0.5, 0.6) is 0 Å². The van der Waals surface area contributed by atoms with Gasteiger partial charge in [0, 0.05) is 6.42 Å². The van der Waals surface area contributed by atoms with Gasteiger partial charge in [0.2, 0.25) is 5.91 Å². The maximum Gasteiger partial charge on any atom is 0.220 e. The number of nitrogens with one attached hydrogen (secondary N) is 1. The molecule has 9 heteroatoms. The van der Waals surface area contributed by atoms with Crippen molar-refractivity contribution in [2.24, 2.45) is 0 Å². The Kier molecular flexibility index (Phi) is 25.2. The highest BCUT2D eigenvalue weighted by molar-refractivity contribution is 5.76. The van der Waals surface area contributed by atoms with Gasteiger partial charge in [-0.25, -0.2) is 0 Å². The summed E-state index contributed by atoms with van der Waals surface area (Å²) >= 11 is 0. The monoisotopic (exact) mass is 629 g/mol. The highest BCUT2D eigenvalue weighted by atomic mass is 16.7. The lowest BCUT2D eigenvalue weighted by molar-refractivity contribution is -0.302.